The zero-order valence-corrected chi connectivity index (χ0v) is 18.3. The van der Waals surface area contributed by atoms with E-state index in [9.17, 15) is 9.59 Å². The number of fused-ring (bicyclic) bond motifs is 1. The Labute approximate surface area is 179 Å². The number of rotatable bonds is 11. The molecular weight excluding hydrogens is 374 g/mol. The van der Waals surface area contributed by atoms with Gasteiger partial charge in [-0.15, -0.1) is 0 Å². The number of hydrogen-bond acceptors (Lipinski definition) is 3. The van der Waals surface area contributed by atoms with Crippen LogP contribution in [-0.2, 0) is 22.5 Å². The van der Waals surface area contributed by atoms with Crippen LogP contribution in [0.2, 0.25) is 0 Å². The third-order valence-corrected chi connectivity index (χ3v) is 5.99. The highest BCUT2D eigenvalue weighted by molar-refractivity contribution is 6.09. The van der Waals surface area contributed by atoms with E-state index in [1.807, 2.05) is 41.8 Å². The van der Waals surface area contributed by atoms with Crippen molar-refractivity contribution < 1.29 is 14.3 Å². The number of esters is 1. The maximum Gasteiger partial charge on any atom is 0.315 e. The maximum atomic E-state index is 13.3. The predicted octanol–water partition coefficient (Wildman–Crippen LogP) is 5.93. The average molecular weight is 408 g/mol. The molecule has 1 atom stereocenters. The fraction of sp³-hybridized carbons (Fsp3) is 0.462. The first-order valence-corrected chi connectivity index (χ1v) is 11.3. The first-order valence-electron chi connectivity index (χ1n) is 11.3. The zero-order chi connectivity index (χ0) is 21.5. The summed E-state index contributed by atoms with van der Waals surface area (Å²) in [7, 11) is 0. The van der Waals surface area contributed by atoms with Gasteiger partial charge in [0.1, 0.15) is 0 Å². The number of benzene rings is 1. The molecule has 1 unspecified atom stereocenters. The van der Waals surface area contributed by atoms with E-state index in [-0.39, 0.29) is 17.7 Å². The van der Waals surface area contributed by atoms with Gasteiger partial charge in [0.15, 0.2) is 0 Å². The van der Waals surface area contributed by atoms with Crippen molar-refractivity contribution in [3.63, 3.8) is 0 Å². The Morgan fingerprint density at radius 2 is 1.87 bits per heavy atom. The highest BCUT2D eigenvalue weighted by Gasteiger charge is 2.34. The van der Waals surface area contributed by atoms with Crippen molar-refractivity contribution in [2.45, 2.75) is 71.3 Å². The molecule has 2 heterocycles. The second-order valence-corrected chi connectivity index (χ2v) is 8.03. The molecule has 0 fully saturated rings. The zero-order valence-electron chi connectivity index (χ0n) is 18.3. The lowest BCUT2D eigenvalue weighted by Gasteiger charge is -2.10. The molecule has 0 amide bonds. The van der Waals surface area contributed by atoms with E-state index in [0.29, 0.717) is 30.8 Å². The van der Waals surface area contributed by atoms with Crippen LogP contribution in [0.1, 0.15) is 91.2 Å². The van der Waals surface area contributed by atoms with Crippen LogP contribution in [0.4, 0.5) is 0 Å². The predicted molar refractivity (Wildman–Crippen MR) is 121 cm³/mol. The molecule has 4 nitrogen and oxygen atoms in total. The Balaban J connectivity index is 1.72. The van der Waals surface area contributed by atoms with Crippen molar-refractivity contribution in [1.82, 2.24) is 4.57 Å². The third kappa shape index (κ3) is 4.75. The van der Waals surface area contributed by atoms with E-state index < -0.39 is 0 Å². The molecule has 0 saturated heterocycles. The quantitative estimate of drug-likeness (QED) is 0.264. The number of carbonyl (C=O) groups is 2. The standard InChI is InChI=1S/C26H33NO3/c1-4-7-8-9-10-17-30-26(29)22-15-16-27-23(22)18-20(6-3)24(27)25(28)21-13-11-19(5-2)12-14-21/h5,11-14,18,22H,2,4,6-10,15-17H2,1,3H3. The molecule has 3 rings (SSSR count). The van der Waals surface area contributed by atoms with E-state index in [4.69, 9.17) is 4.74 Å². The molecule has 160 valence electrons. The molecule has 2 aromatic rings. The maximum absolute atomic E-state index is 13.3. The minimum absolute atomic E-state index is 0.0126. The van der Waals surface area contributed by atoms with Crippen molar-refractivity contribution >= 4 is 17.8 Å². The molecule has 1 aromatic carbocycles. The summed E-state index contributed by atoms with van der Waals surface area (Å²) >= 11 is 0. The van der Waals surface area contributed by atoms with E-state index in [1.54, 1.807) is 6.08 Å². The second kappa shape index (κ2) is 10.4. The smallest absolute Gasteiger partial charge is 0.315 e. The van der Waals surface area contributed by atoms with E-state index in [2.05, 4.69) is 13.5 Å². The molecule has 0 spiro atoms. The summed E-state index contributed by atoms with van der Waals surface area (Å²) in [5, 5.41) is 0. The van der Waals surface area contributed by atoms with Gasteiger partial charge in [-0.2, -0.15) is 0 Å². The van der Waals surface area contributed by atoms with Gasteiger partial charge in [0.25, 0.3) is 0 Å². The summed E-state index contributed by atoms with van der Waals surface area (Å²) < 4.78 is 7.61. The Bertz CT molecular complexity index is 892. The summed E-state index contributed by atoms with van der Waals surface area (Å²) in [6.07, 6.45) is 8.87. The number of aryl methyl sites for hydroxylation is 1. The van der Waals surface area contributed by atoms with E-state index in [0.717, 1.165) is 36.1 Å². The molecule has 30 heavy (non-hydrogen) atoms. The number of unbranched alkanes of at least 4 members (excludes halogenated alkanes) is 4. The number of aromatic nitrogens is 1. The van der Waals surface area contributed by atoms with Crippen LogP contribution in [0.5, 0.6) is 0 Å². The number of hydrogen-bond donors (Lipinski definition) is 0. The number of carbonyl (C=O) groups excluding carboxylic acids is 2. The van der Waals surface area contributed by atoms with Crippen LogP contribution in [0.15, 0.2) is 36.9 Å². The van der Waals surface area contributed by atoms with Crippen LogP contribution in [0, 0.1) is 0 Å². The van der Waals surface area contributed by atoms with Gasteiger partial charge in [-0.1, -0.05) is 76.5 Å². The minimum Gasteiger partial charge on any atom is -0.465 e. The van der Waals surface area contributed by atoms with Gasteiger partial charge in [0.2, 0.25) is 5.78 Å². The summed E-state index contributed by atoms with van der Waals surface area (Å²) in [5.41, 5.74) is 4.29. The molecule has 1 aliphatic heterocycles. The summed E-state index contributed by atoms with van der Waals surface area (Å²) in [4.78, 5) is 25.9. The number of nitrogens with zero attached hydrogens (tertiary/aromatic N) is 1. The monoisotopic (exact) mass is 407 g/mol. The average Bonchev–Trinajstić information content (AvgIpc) is 3.34. The van der Waals surface area contributed by atoms with Crippen LogP contribution in [0.25, 0.3) is 6.08 Å². The molecule has 0 aliphatic carbocycles. The first-order chi connectivity index (χ1) is 14.6. The van der Waals surface area contributed by atoms with Gasteiger partial charge in [0, 0.05) is 17.8 Å². The first kappa shape index (κ1) is 22.1. The van der Waals surface area contributed by atoms with Gasteiger partial charge in [0.05, 0.1) is 18.2 Å². The Morgan fingerprint density at radius 1 is 1.13 bits per heavy atom. The molecule has 0 N–H and O–H groups in total. The fourth-order valence-electron chi connectivity index (χ4n) is 4.23. The van der Waals surface area contributed by atoms with Gasteiger partial charge < -0.3 is 9.30 Å². The molecule has 1 aliphatic rings. The van der Waals surface area contributed by atoms with E-state index in [1.165, 1.54) is 19.3 Å². The SMILES string of the molecule is C=Cc1ccc(C(=O)c2c(CC)cc3n2CCC3C(=O)OCCCCCCC)cc1. The van der Waals surface area contributed by atoms with Crippen molar-refractivity contribution in [3.8, 4) is 0 Å². The van der Waals surface area contributed by atoms with Gasteiger partial charge in [-0.05, 0) is 36.5 Å². The van der Waals surface area contributed by atoms with Crippen molar-refractivity contribution in [2.75, 3.05) is 6.61 Å². The topological polar surface area (TPSA) is 48.3 Å². The highest BCUT2D eigenvalue weighted by Crippen LogP contribution is 2.35. The molecule has 0 saturated carbocycles. The van der Waals surface area contributed by atoms with Gasteiger partial charge in [-0.3, -0.25) is 9.59 Å². The third-order valence-electron chi connectivity index (χ3n) is 5.99. The van der Waals surface area contributed by atoms with Crippen LogP contribution in [-0.4, -0.2) is 22.9 Å². The lowest BCUT2D eigenvalue weighted by molar-refractivity contribution is -0.145. The summed E-state index contributed by atoms with van der Waals surface area (Å²) in [6.45, 7) is 9.16. The lowest BCUT2D eigenvalue weighted by atomic mass is 10.0. The Kier molecular flexibility index (Phi) is 7.67. The second-order valence-electron chi connectivity index (χ2n) is 8.03. The van der Waals surface area contributed by atoms with Crippen molar-refractivity contribution in [1.29, 1.82) is 0 Å². The lowest BCUT2D eigenvalue weighted by Crippen LogP contribution is -2.14. The Hall–Kier alpha value is -2.62. The van der Waals surface area contributed by atoms with Crippen molar-refractivity contribution in [3.05, 3.63) is 65.0 Å². The molecular formula is C26H33NO3. The van der Waals surface area contributed by atoms with Crippen LogP contribution in [0.3, 0.4) is 0 Å². The van der Waals surface area contributed by atoms with Crippen LogP contribution >= 0.6 is 0 Å². The minimum atomic E-state index is -0.268. The normalized spacial score (nSPS) is 15.1. The Morgan fingerprint density at radius 3 is 2.53 bits per heavy atom. The van der Waals surface area contributed by atoms with Gasteiger partial charge >= 0.3 is 5.97 Å². The van der Waals surface area contributed by atoms with Gasteiger partial charge in [-0.25, -0.2) is 0 Å². The molecule has 1 aromatic heterocycles. The molecule has 0 bridgehead atoms. The summed E-state index contributed by atoms with van der Waals surface area (Å²) in [6, 6.07) is 9.53. The summed E-state index contributed by atoms with van der Waals surface area (Å²) in [5.74, 6) is -0.409. The van der Waals surface area contributed by atoms with E-state index >= 15 is 0 Å². The fourth-order valence-corrected chi connectivity index (χ4v) is 4.23. The number of ether oxygens (including phenoxy) is 1. The van der Waals surface area contributed by atoms with Crippen LogP contribution < -0.4 is 0 Å². The molecule has 4 heteroatoms. The highest BCUT2D eigenvalue weighted by atomic mass is 16.5. The van der Waals surface area contributed by atoms with Crippen molar-refractivity contribution in [2.24, 2.45) is 0 Å². The molecule has 0 radical (unpaired) electrons. The largest absolute Gasteiger partial charge is 0.465 e. The number of ketones is 1.